The van der Waals surface area contributed by atoms with Crippen molar-refractivity contribution >= 4 is 23.2 Å². The normalized spacial score (nSPS) is 12.3. The van der Waals surface area contributed by atoms with Gasteiger partial charge < -0.3 is 19.8 Å². The fourth-order valence-electron chi connectivity index (χ4n) is 2.12. The smallest absolute Gasteiger partial charge is 0.387 e. The van der Waals surface area contributed by atoms with Gasteiger partial charge in [0.1, 0.15) is 10.0 Å². The summed E-state index contributed by atoms with van der Waals surface area (Å²) in [4.78, 5) is 0. The van der Waals surface area contributed by atoms with E-state index in [1.165, 1.54) is 25.3 Å². The number of alkyl halides is 2. The lowest BCUT2D eigenvalue weighted by atomic mass is 10.0. The molecule has 0 spiro atoms. The van der Waals surface area contributed by atoms with E-state index in [2.05, 4.69) is 4.74 Å². The highest BCUT2D eigenvalue weighted by atomic mass is 35.5. The molecule has 1 atom stereocenters. The number of methoxy groups -OCH3 is 1. The lowest BCUT2D eigenvalue weighted by Gasteiger charge is -2.16. The van der Waals surface area contributed by atoms with Crippen LogP contribution in [-0.4, -0.2) is 18.8 Å². The molecule has 0 aliphatic carbocycles. The Labute approximate surface area is 146 Å². The van der Waals surface area contributed by atoms with Crippen LogP contribution in [-0.2, 0) is 6.42 Å². The molecule has 2 aromatic rings. The molecule has 24 heavy (non-hydrogen) atoms. The molecular weight excluding hydrogens is 367 g/mol. The van der Waals surface area contributed by atoms with Gasteiger partial charge in [-0.3, -0.25) is 0 Å². The number of ether oxygens (including phenoxy) is 2. The van der Waals surface area contributed by atoms with Gasteiger partial charge in [0.05, 0.1) is 13.2 Å². The van der Waals surface area contributed by atoms with Crippen LogP contribution in [0, 0.1) is 5.21 Å². The van der Waals surface area contributed by atoms with E-state index < -0.39 is 12.7 Å². The van der Waals surface area contributed by atoms with Crippen molar-refractivity contribution in [2.45, 2.75) is 19.1 Å². The second-order valence-corrected chi connectivity index (χ2v) is 5.62. The minimum Gasteiger partial charge on any atom is -0.619 e. The average Bonchev–Trinajstić information content (AvgIpc) is 2.50. The van der Waals surface area contributed by atoms with Crippen molar-refractivity contribution < 1.29 is 28.1 Å². The molecular formula is C15H13Cl2F2NO4. The zero-order valence-corrected chi connectivity index (χ0v) is 13.9. The summed E-state index contributed by atoms with van der Waals surface area (Å²) in [5, 5.41) is 21.8. The van der Waals surface area contributed by atoms with Crippen molar-refractivity contribution in [2.75, 3.05) is 7.11 Å². The van der Waals surface area contributed by atoms with Gasteiger partial charge in [0.25, 0.3) is 0 Å². The lowest BCUT2D eigenvalue weighted by Crippen LogP contribution is -2.25. The van der Waals surface area contributed by atoms with Crippen LogP contribution in [0.25, 0.3) is 0 Å². The van der Waals surface area contributed by atoms with Crippen LogP contribution in [0.1, 0.15) is 17.2 Å². The zero-order chi connectivity index (χ0) is 17.9. The van der Waals surface area contributed by atoms with Crippen LogP contribution in [0.15, 0.2) is 30.6 Å². The molecule has 0 bridgehead atoms. The number of benzene rings is 1. The first kappa shape index (κ1) is 18.5. The molecule has 1 N–H and O–H groups in total. The Morgan fingerprint density at radius 3 is 2.38 bits per heavy atom. The first-order valence-electron chi connectivity index (χ1n) is 6.69. The van der Waals surface area contributed by atoms with Crippen LogP contribution in [0.4, 0.5) is 8.78 Å². The van der Waals surface area contributed by atoms with Gasteiger partial charge in [-0.05, 0) is 17.7 Å². The summed E-state index contributed by atoms with van der Waals surface area (Å²) >= 11 is 11.9. The monoisotopic (exact) mass is 379 g/mol. The summed E-state index contributed by atoms with van der Waals surface area (Å²) in [5.74, 6) is -0.0962. The number of hydrogen-bond donors (Lipinski definition) is 1. The number of halogens is 4. The number of pyridine rings is 1. The zero-order valence-electron chi connectivity index (χ0n) is 12.4. The van der Waals surface area contributed by atoms with Gasteiger partial charge in [0, 0.05) is 12.0 Å². The average molecular weight is 380 g/mol. The highest BCUT2D eigenvalue weighted by molar-refractivity contribution is 6.35. The van der Waals surface area contributed by atoms with Gasteiger partial charge in [-0.15, -0.1) is 0 Å². The highest BCUT2D eigenvalue weighted by Crippen LogP contribution is 2.34. The van der Waals surface area contributed by atoms with E-state index in [4.69, 9.17) is 27.9 Å². The van der Waals surface area contributed by atoms with Crippen molar-refractivity contribution in [1.29, 1.82) is 0 Å². The van der Waals surface area contributed by atoms with E-state index in [0.717, 1.165) is 12.4 Å². The number of aliphatic hydroxyl groups excluding tert-OH is 1. The number of aliphatic hydroxyl groups is 1. The van der Waals surface area contributed by atoms with E-state index in [9.17, 15) is 19.1 Å². The topological polar surface area (TPSA) is 65.6 Å². The van der Waals surface area contributed by atoms with Gasteiger partial charge in [0.2, 0.25) is 0 Å². The summed E-state index contributed by atoms with van der Waals surface area (Å²) < 4.78 is 34.4. The van der Waals surface area contributed by atoms with E-state index in [1.807, 2.05) is 0 Å². The predicted octanol–water partition coefficient (Wildman–Crippen LogP) is 3.51. The SMILES string of the molecule is COc1cc([C@@H](O)Cc2c(Cl)c[n+]([O-])cc2Cl)ccc1OC(F)F. The summed E-state index contributed by atoms with van der Waals surface area (Å²) in [6.45, 7) is -2.99. The Balaban J connectivity index is 2.25. The third-order valence-corrected chi connectivity index (χ3v) is 3.90. The molecule has 0 aliphatic rings. The molecule has 9 heteroatoms. The number of hydrogen-bond acceptors (Lipinski definition) is 4. The first-order valence-corrected chi connectivity index (χ1v) is 7.45. The summed E-state index contributed by atoms with van der Waals surface area (Å²) in [5.41, 5.74) is 0.782. The van der Waals surface area contributed by atoms with Gasteiger partial charge in [-0.2, -0.15) is 13.5 Å². The van der Waals surface area contributed by atoms with Gasteiger partial charge >= 0.3 is 6.61 Å². The molecule has 130 valence electrons. The number of aromatic nitrogens is 1. The number of rotatable bonds is 6. The van der Waals surface area contributed by atoms with E-state index in [1.54, 1.807) is 0 Å². The predicted molar refractivity (Wildman–Crippen MR) is 83.7 cm³/mol. The van der Waals surface area contributed by atoms with Crippen LogP contribution >= 0.6 is 23.2 Å². The molecule has 0 radical (unpaired) electrons. The molecule has 0 saturated heterocycles. The second kappa shape index (κ2) is 7.83. The molecule has 1 aromatic carbocycles. The summed E-state index contributed by atoms with van der Waals surface area (Å²) in [6.07, 6.45) is 1.22. The number of nitrogens with zero attached hydrogens (tertiary/aromatic N) is 1. The third kappa shape index (κ3) is 4.37. The fraction of sp³-hybridized carbons (Fsp3) is 0.267. The molecule has 0 fully saturated rings. The standard InChI is InChI=1S/C15H13Cl2F2NO4/c1-23-14-4-8(2-3-13(14)24-15(18)19)12(21)5-9-10(16)6-20(22)7-11(9)17/h2-4,6-7,12,15,21H,5H2,1H3/t12-/m0/s1. The maximum atomic E-state index is 12.3. The molecule has 0 unspecified atom stereocenters. The van der Waals surface area contributed by atoms with Crippen LogP contribution in [0.2, 0.25) is 10.0 Å². The van der Waals surface area contributed by atoms with E-state index >= 15 is 0 Å². The van der Waals surface area contributed by atoms with Crippen LogP contribution < -0.4 is 14.2 Å². The Morgan fingerprint density at radius 1 is 1.21 bits per heavy atom. The van der Waals surface area contributed by atoms with Crippen molar-refractivity contribution in [3.05, 3.63) is 57.0 Å². The molecule has 0 aliphatic heterocycles. The van der Waals surface area contributed by atoms with Crippen molar-refractivity contribution in [1.82, 2.24) is 0 Å². The maximum Gasteiger partial charge on any atom is 0.387 e. The highest BCUT2D eigenvalue weighted by Gasteiger charge is 2.19. The Bertz CT molecular complexity index is 708. The second-order valence-electron chi connectivity index (χ2n) is 4.80. The Morgan fingerprint density at radius 2 is 1.83 bits per heavy atom. The molecule has 5 nitrogen and oxygen atoms in total. The maximum absolute atomic E-state index is 12.3. The Kier molecular flexibility index (Phi) is 6.04. The quantitative estimate of drug-likeness (QED) is 0.615. The fourth-order valence-corrected chi connectivity index (χ4v) is 2.72. The summed E-state index contributed by atoms with van der Waals surface area (Å²) in [7, 11) is 1.29. The van der Waals surface area contributed by atoms with Gasteiger partial charge in [0.15, 0.2) is 23.9 Å². The molecule has 1 heterocycles. The molecule has 0 saturated carbocycles. The molecule has 1 aromatic heterocycles. The molecule has 0 amide bonds. The van der Waals surface area contributed by atoms with Crippen LogP contribution in [0.5, 0.6) is 11.5 Å². The van der Waals surface area contributed by atoms with Crippen LogP contribution in [0.3, 0.4) is 0 Å². The van der Waals surface area contributed by atoms with Crippen molar-refractivity contribution in [2.24, 2.45) is 0 Å². The lowest BCUT2D eigenvalue weighted by molar-refractivity contribution is -0.605. The van der Waals surface area contributed by atoms with Gasteiger partial charge in [-0.25, -0.2) is 0 Å². The van der Waals surface area contributed by atoms with Gasteiger partial charge in [-0.1, -0.05) is 29.3 Å². The molecule has 2 rings (SSSR count). The minimum absolute atomic E-state index is 0.0245. The Hall–Kier alpha value is -1.83. The van der Waals surface area contributed by atoms with E-state index in [0.29, 0.717) is 15.9 Å². The van der Waals surface area contributed by atoms with Crippen molar-refractivity contribution in [3.8, 4) is 11.5 Å². The van der Waals surface area contributed by atoms with E-state index in [-0.39, 0.29) is 28.0 Å². The largest absolute Gasteiger partial charge is 0.619 e. The minimum atomic E-state index is -2.99. The van der Waals surface area contributed by atoms with Crippen molar-refractivity contribution in [3.63, 3.8) is 0 Å². The first-order chi connectivity index (χ1) is 11.3. The summed E-state index contributed by atoms with van der Waals surface area (Å²) in [6, 6.07) is 4.06. The third-order valence-electron chi connectivity index (χ3n) is 3.24.